The third kappa shape index (κ3) is 2.65. The van der Waals surface area contributed by atoms with Crippen LogP contribution in [0.3, 0.4) is 0 Å². The molecule has 0 saturated carbocycles. The summed E-state index contributed by atoms with van der Waals surface area (Å²) in [5.74, 6) is 0.199. The highest BCUT2D eigenvalue weighted by Crippen LogP contribution is 2.35. The summed E-state index contributed by atoms with van der Waals surface area (Å²) in [4.78, 5) is 27.9. The van der Waals surface area contributed by atoms with E-state index in [4.69, 9.17) is 4.74 Å². The molecule has 0 aliphatic carbocycles. The Morgan fingerprint density at radius 3 is 2.61 bits per heavy atom. The van der Waals surface area contributed by atoms with Gasteiger partial charge in [-0.15, -0.1) is 0 Å². The van der Waals surface area contributed by atoms with E-state index in [9.17, 15) is 9.59 Å². The van der Waals surface area contributed by atoms with Gasteiger partial charge in [0.2, 0.25) is 0 Å². The van der Waals surface area contributed by atoms with Gasteiger partial charge in [0, 0.05) is 19.3 Å². The summed E-state index contributed by atoms with van der Waals surface area (Å²) in [6, 6.07) is 14.8. The molecule has 0 fully saturated rings. The van der Waals surface area contributed by atoms with Gasteiger partial charge in [0.05, 0.1) is 11.3 Å². The second-order valence-corrected chi connectivity index (χ2v) is 5.28. The molecule has 5 heteroatoms. The summed E-state index contributed by atoms with van der Waals surface area (Å²) in [5, 5.41) is 0. The number of hydrogen-bond donors (Lipinski definition) is 0. The fourth-order valence-corrected chi connectivity index (χ4v) is 2.67. The highest BCUT2D eigenvalue weighted by Gasteiger charge is 2.28. The Morgan fingerprint density at radius 2 is 1.91 bits per heavy atom. The van der Waals surface area contributed by atoms with Crippen molar-refractivity contribution in [3.8, 4) is 5.75 Å². The van der Waals surface area contributed by atoms with Crippen LogP contribution >= 0.6 is 0 Å². The Bertz CT molecular complexity index is 743. The van der Waals surface area contributed by atoms with Gasteiger partial charge in [-0.3, -0.25) is 9.59 Å². The van der Waals surface area contributed by atoms with Gasteiger partial charge in [0.1, 0.15) is 0 Å². The van der Waals surface area contributed by atoms with E-state index in [-0.39, 0.29) is 18.4 Å². The number of para-hydroxylation sites is 2. The molecule has 1 aliphatic heterocycles. The van der Waals surface area contributed by atoms with Crippen molar-refractivity contribution in [1.82, 2.24) is 0 Å². The number of carbonyl (C=O) groups is 2. The van der Waals surface area contributed by atoms with E-state index < -0.39 is 0 Å². The summed E-state index contributed by atoms with van der Waals surface area (Å²) < 4.78 is 5.55. The van der Waals surface area contributed by atoms with E-state index in [1.807, 2.05) is 37.3 Å². The minimum Gasteiger partial charge on any atom is -0.481 e. The number of amides is 2. The molecule has 2 aromatic carbocycles. The molecule has 5 nitrogen and oxygen atoms in total. The molecule has 2 amide bonds. The van der Waals surface area contributed by atoms with Crippen LogP contribution < -0.4 is 14.5 Å². The summed E-state index contributed by atoms with van der Waals surface area (Å²) in [6.45, 7) is 2.42. The third-order valence-corrected chi connectivity index (χ3v) is 3.93. The number of likely N-dealkylation sites (N-methyl/N-ethyl adjacent to an activating group) is 1. The van der Waals surface area contributed by atoms with Gasteiger partial charge in [0.15, 0.2) is 12.4 Å². The standard InChI is InChI=1S/C18H18N2O3/c1-3-20(13-8-5-4-6-9-13)18(22)14-10-7-11-15-17(14)23-12-16(21)19(15)2/h4-11H,3,12H2,1-2H3. The van der Waals surface area contributed by atoms with Crippen molar-refractivity contribution in [3.63, 3.8) is 0 Å². The lowest BCUT2D eigenvalue weighted by Crippen LogP contribution is -2.37. The van der Waals surface area contributed by atoms with E-state index in [0.717, 1.165) is 5.69 Å². The molecule has 0 spiro atoms. The van der Waals surface area contributed by atoms with Crippen LogP contribution in [0.15, 0.2) is 48.5 Å². The third-order valence-electron chi connectivity index (χ3n) is 3.93. The average Bonchev–Trinajstić information content (AvgIpc) is 2.59. The number of carbonyl (C=O) groups excluding carboxylic acids is 2. The van der Waals surface area contributed by atoms with Crippen molar-refractivity contribution >= 4 is 23.2 Å². The van der Waals surface area contributed by atoms with Gasteiger partial charge < -0.3 is 14.5 Å². The summed E-state index contributed by atoms with van der Waals surface area (Å²) in [5.41, 5.74) is 1.92. The van der Waals surface area contributed by atoms with Crippen LogP contribution in [0.5, 0.6) is 5.75 Å². The van der Waals surface area contributed by atoms with E-state index in [0.29, 0.717) is 23.5 Å². The predicted molar refractivity (Wildman–Crippen MR) is 89.1 cm³/mol. The van der Waals surface area contributed by atoms with E-state index in [1.165, 1.54) is 4.90 Å². The number of nitrogens with zero attached hydrogens (tertiary/aromatic N) is 2. The maximum atomic E-state index is 13.0. The molecule has 0 radical (unpaired) electrons. The van der Waals surface area contributed by atoms with Crippen LogP contribution in [-0.2, 0) is 4.79 Å². The summed E-state index contributed by atoms with van der Waals surface area (Å²) >= 11 is 0. The maximum absolute atomic E-state index is 13.0. The first-order chi connectivity index (χ1) is 11.1. The fourth-order valence-electron chi connectivity index (χ4n) is 2.67. The van der Waals surface area contributed by atoms with E-state index >= 15 is 0 Å². The molecule has 23 heavy (non-hydrogen) atoms. The van der Waals surface area contributed by atoms with Gasteiger partial charge in [0.25, 0.3) is 11.8 Å². The van der Waals surface area contributed by atoms with Crippen molar-refractivity contribution in [2.75, 3.05) is 30.0 Å². The Labute approximate surface area is 135 Å². The minimum atomic E-state index is -0.140. The second-order valence-electron chi connectivity index (χ2n) is 5.28. The molecular weight excluding hydrogens is 292 g/mol. The van der Waals surface area contributed by atoms with Crippen molar-refractivity contribution in [2.24, 2.45) is 0 Å². The van der Waals surface area contributed by atoms with Gasteiger partial charge in [-0.2, -0.15) is 0 Å². The zero-order chi connectivity index (χ0) is 16.4. The molecule has 0 atom stereocenters. The SMILES string of the molecule is CCN(C(=O)c1cccc2c1OCC(=O)N2C)c1ccccc1. The molecule has 0 aromatic heterocycles. The number of anilines is 2. The van der Waals surface area contributed by atoms with Crippen LogP contribution in [0.25, 0.3) is 0 Å². The molecule has 2 aromatic rings. The predicted octanol–water partition coefficient (Wildman–Crippen LogP) is 2.71. The van der Waals surface area contributed by atoms with Crippen LogP contribution in [0.4, 0.5) is 11.4 Å². The Balaban J connectivity index is 2.02. The normalized spacial score (nSPS) is 13.3. The van der Waals surface area contributed by atoms with Gasteiger partial charge >= 0.3 is 0 Å². The molecule has 0 bridgehead atoms. The van der Waals surface area contributed by atoms with Crippen molar-refractivity contribution in [1.29, 1.82) is 0 Å². The molecule has 118 valence electrons. The van der Waals surface area contributed by atoms with Crippen molar-refractivity contribution < 1.29 is 14.3 Å². The zero-order valence-corrected chi connectivity index (χ0v) is 13.2. The van der Waals surface area contributed by atoms with E-state index in [1.54, 1.807) is 30.1 Å². The fraction of sp³-hybridized carbons (Fsp3) is 0.222. The smallest absolute Gasteiger partial charge is 0.264 e. The van der Waals surface area contributed by atoms with Crippen molar-refractivity contribution in [3.05, 3.63) is 54.1 Å². The average molecular weight is 310 g/mol. The number of rotatable bonds is 3. The monoisotopic (exact) mass is 310 g/mol. The quantitative estimate of drug-likeness (QED) is 0.876. The first kappa shape index (κ1) is 15.1. The first-order valence-electron chi connectivity index (χ1n) is 7.52. The highest BCUT2D eigenvalue weighted by atomic mass is 16.5. The molecule has 3 rings (SSSR count). The lowest BCUT2D eigenvalue weighted by molar-refractivity contribution is -0.121. The Hall–Kier alpha value is -2.82. The Kier molecular flexibility index (Phi) is 4.02. The first-order valence-corrected chi connectivity index (χ1v) is 7.52. The minimum absolute atomic E-state index is 0.0503. The second kappa shape index (κ2) is 6.12. The highest BCUT2D eigenvalue weighted by molar-refractivity contribution is 6.10. The molecule has 0 unspecified atom stereocenters. The maximum Gasteiger partial charge on any atom is 0.264 e. The lowest BCUT2D eigenvalue weighted by Gasteiger charge is -2.29. The van der Waals surface area contributed by atoms with Crippen LogP contribution in [0, 0.1) is 0 Å². The zero-order valence-electron chi connectivity index (χ0n) is 13.2. The summed E-state index contributed by atoms with van der Waals surface area (Å²) in [7, 11) is 1.69. The Morgan fingerprint density at radius 1 is 1.17 bits per heavy atom. The summed E-state index contributed by atoms with van der Waals surface area (Å²) in [6.07, 6.45) is 0. The molecular formula is C18H18N2O3. The molecule has 1 heterocycles. The van der Waals surface area contributed by atoms with Crippen molar-refractivity contribution in [2.45, 2.75) is 6.92 Å². The number of hydrogen-bond acceptors (Lipinski definition) is 3. The number of ether oxygens (including phenoxy) is 1. The molecule has 1 aliphatic rings. The number of fused-ring (bicyclic) bond motifs is 1. The van der Waals surface area contributed by atoms with Gasteiger partial charge in [-0.05, 0) is 31.2 Å². The largest absolute Gasteiger partial charge is 0.481 e. The topological polar surface area (TPSA) is 49.9 Å². The van der Waals surface area contributed by atoms with Crippen LogP contribution in [-0.4, -0.2) is 32.0 Å². The lowest BCUT2D eigenvalue weighted by atomic mass is 10.1. The van der Waals surface area contributed by atoms with Gasteiger partial charge in [-0.25, -0.2) is 0 Å². The van der Waals surface area contributed by atoms with E-state index in [2.05, 4.69) is 0 Å². The molecule has 0 N–H and O–H groups in total. The number of benzene rings is 2. The van der Waals surface area contributed by atoms with Crippen LogP contribution in [0.2, 0.25) is 0 Å². The molecule has 0 saturated heterocycles. The van der Waals surface area contributed by atoms with Crippen LogP contribution in [0.1, 0.15) is 17.3 Å². The van der Waals surface area contributed by atoms with Gasteiger partial charge in [-0.1, -0.05) is 24.3 Å².